The van der Waals surface area contributed by atoms with Gasteiger partial charge in [0.25, 0.3) is 0 Å². The number of piperazine rings is 1. The summed E-state index contributed by atoms with van der Waals surface area (Å²) >= 11 is 0. The van der Waals surface area contributed by atoms with E-state index in [4.69, 9.17) is 5.73 Å². The molecule has 1 aromatic rings. The Labute approximate surface area is 149 Å². The number of hydrogen-bond acceptors (Lipinski definition) is 4. The number of nitrogens with one attached hydrogen (secondary N) is 1. The van der Waals surface area contributed by atoms with E-state index in [1.165, 1.54) is 0 Å². The molecule has 1 atom stereocenters. The van der Waals surface area contributed by atoms with Crippen LogP contribution in [0.1, 0.15) is 18.9 Å². The van der Waals surface area contributed by atoms with Crippen LogP contribution in [-0.2, 0) is 16.1 Å². The molecule has 0 aliphatic carbocycles. The summed E-state index contributed by atoms with van der Waals surface area (Å²) in [6, 6.07) is 10.1. The van der Waals surface area contributed by atoms with Crippen molar-refractivity contribution >= 4 is 24.2 Å². The molecule has 24 heavy (non-hydrogen) atoms. The Morgan fingerprint density at radius 1 is 1.33 bits per heavy atom. The second-order valence-corrected chi connectivity index (χ2v) is 6.04. The van der Waals surface area contributed by atoms with Crippen LogP contribution >= 0.6 is 12.4 Å². The van der Waals surface area contributed by atoms with Crippen molar-refractivity contribution in [3.05, 3.63) is 35.9 Å². The Morgan fingerprint density at radius 2 is 2.04 bits per heavy atom. The number of primary amides is 1. The summed E-state index contributed by atoms with van der Waals surface area (Å²) in [6.07, 6.45) is 0.190. The fraction of sp³-hybridized carbons (Fsp3) is 0.529. The topological polar surface area (TPSA) is 78.7 Å². The van der Waals surface area contributed by atoms with E-state index in [1.807, 2.05) is 30.3 Å². The molecule has 2 rings (SSSR count). The van der Waals surface area contributed by atoms with Gasteiger partial charge in [-0.1, -0.05) is 30.3 Å². The molecule has 0 bridgehead atoms. The van der Waals surface area contributed by atoms with E-state index in [0.717, 1.165) is 25.2 Å². The lowest BCUT2D eigenvalue weighted by atomic mass is 10.2. The average Bonchev–Trinajstić information content (AvgIpc) is 2.54. The van der Waals surface area contributed by atoms with E-state index in [9.17, 15) is 9.59 Å². The molecule has 1 heterocycles. The second-order valence-electron chi connectivity index (χ2n) is 6.04. The van der Waals surface area contributed by atoms with Gasteiger partial charge in [-0.15, -0.1) is 12.4 Å². The summed E-state index contributed by atoms with van der Waals surface area (Å²) < 4.78 is 0. The molecule has 2 amide bonds. The van der Waals surface area contributed by atoms with Crippen LogP contribution in [0, 0.1) is 0 Å². The molecular weight excluding hydrogens is 328 g/mol. The zero-order valence-electron chi connectivity index (χ0n) is 14.1. The number of benzene rings is 1. The van der Waals surface area contributed by atoms with Crippen molar-refractivity contribution in [1.29, 1.82) is 0 Å². The van der Waals surface area contributed by atoms with Gasteiger partial charge in [0.2, 0.25) is 11.8 Å². The lowest BCUT2D eigenvalue weighted by Crippen LogP contribution is -2.53. The Balaban J connectivity index is 0.00000288. The predicted molar refractivity (Wildman–Crippen MR) is 96.8 cm³/mol. The van der Waals surface area contributed by atoms with Crippen molar-refractivity contribution in [3.8, 4) is 0 Å². The smallest absolute Gasteiger partial charge is 0.237 e. The maximum Gasteiger partial charge on any atom is 0.237 e. The van der Waals surface area contributed by atoms with E-state index in [2.05, 4.69) is 17.1 Å². The van der Waals surface area contributed by atoms with Crippen molar-refractivity contribution in [2.45, 2.75) is 25.9 Å². The molecule has 1 saturated heterocycles. The fourth-order valence-corrected chi connectivity index (χ4v) is 2.73. The van der Waals surface area contributed by atoms with Crippen LogP contribution in [0.4, 0.5) is 0 Å². The Kier molecular flexibility index (Phi) is 8.74. The quantitative estimate of drug-likeness (QED) is 0.752. The number of hydrogen-bond donors (Lipinski definition) is 2. The lowest BCUT2D eigenvalue weighted by Gasteiger charge is -2.35. The highest BCUT2D eigenvalue weighted by atomic mass is 35.5. The van der Waals surface area contributed by atoms with Gasteiger partial charge in [-0.2, -0.15) is 0 Å². The molecule has 0 unspecified atom stereocenters. The van der Waals surface area contributed by atoms with Crippen LogP contribution in [0.25, 0.3) is 0 Å². The van der Waals surface area contributed by atoms with Gasteiger partial charge in [0.15, 0.2) is 0 Å². The van der Waals surface area contributed by atoms with Crippen LogP contribution in [-0.4, -0.2) is 60.4 Å². The fourth-order valence-electron chi connectivity index (χ4n) is 2.73. The monoisotopic (exact) mass is 354 g/mol. The molecule has 0 spiro atoms. The summed E-state index contributed by atoms with van der Waals surface area (Å²) in [6.45, 7) is 6.03. The van der Waals surface area contributed by atoms with Crippen LogP contribution in [0.5, 0.6) is 0 Å². The number of nitrogens with two attached hydrogens (primary N) is 1. The third-order valence-corrected chi connectivity index (χ3v) is 4.17. The van der Waals surface area contributed by atoms with Gasteiger partial charge in [-0.3, -0.25) is 14.5 Å². The Bertz CT molecular complexity index is 527. The van der Waals surface area contributed by atoms with Crippen LogP contribution in [0.3, 0.4) is 0 Å². The number of nitrogens with zero attached hydrogens (tertiary/aromatic N) is 2. The highest BCUT2D eigenvalue weighted by Gasteiger charge is 2.23. The first-order valence-electron chi connectivity index (χ1n) is 8.11. The van der Waals surface area contributed by atoms with E-state index in [-0.39, 0.29) is 30.6 Å². The number of carbonyl (C=O) groups is 2. The summed E-state index contributed by atoms with van der Waals surface area (Å²) in [5.41, 5.74) is 6.30. The number of amides is 2. The largest absolute Gasteiger partial charge is 0.370 e. The molecule has 3 N–H and O–H groups in total. The SMILES string of the molecule is C[C@@H]1CNCCN1CC(=O)N(CCC(N)=O)Cc1ccccc1.Cl. The molecule has 6 nitrogen and oxygen atoms in total. The van der Waals surface area contributed by atoms with E-state index < -0.39 is 0 Å². The van der Waals surface area contributed by atoms with E-state index >= 15 is 0 Å². The van der Waals surface area contributed by atoms with Gasteiger partial charge in [0, 0.05) is 45.2 Å². The molecular formula is C17H27ClN4O2. The zero-order valence-corrected chi connectivity index (χ0v) is 14.9. The Hall–Kier alpha value is -1.63. The lowest BCUT2D eigenvalue weighted by molar-refractivity contribution is -0.134. The summed E-state index contributed by atoms with van der Waals surface area (Å²) in [4.78, 5) is 27.7. The molecule has 1 aliphatic rings. The number of carbonyl (C=O) groups excluding carboxylic acids is 2. The number of halogens is 1. The van der Waals surface area contributed by atoms with Crippen LogP contribution in [0.2, 0.25) is 0 Å². The summed E-state index contributed by atoms with van der Waals surface area (Å²) in [5, 5.41) is 3.32. The molecule has 1 fully saturated rings. The standard InChI is InChI=1S/C17H26N4O2.ClH/c1-14-11-19-8-10-20(14)13-17(23)21(9-7-16(18)22)12-15-5-3-2-4-6-15;/h2-6,14,19H,7-13H2,1H3,(H2,18,22);1H/t14-;/m1./s1. The van der Waals surface area contributed by atoms with E-state index in [1.54, 1.807) is 4.90 Å². The number of rotatable bonds is 7. The van der Waals surface area contributed by atoms with Crippen molar-refractivity contribution < 1.29 is 9.59 Å². The van der Waals surface area contributed by atoms with E-state index in [0.29, 0.717) is 25.7 Å². The van der Waals surface area contributed by atoms with Crippen molar-refractivity contribution in [2.75, 3.05) is 32.7 Å². The van der Waals surface area contributed by atoms with Crippen LogP contribution in [0.15, 0.2) is 30.3 Å². The minimum Gasteiger partial charge on any atom is -0.370 e. The maximum absolute atomic E-state index is 12.7. The molecule has 1 aromatic carbocycles. The van der Waals surface area contributed by atoms with Crippen molar-refractivity contribution in [3.63, 3.8) is 0 Å². The minimum atomic E-state index is -0.383. The molecule has 7 heteroatoms. The van der Waals surface area contributed by atoms with Gasteiger partial charge < -0.3 is 16.0 Å². The van der Waals surface area contributed by atoms with Crippen LogP contribution < -0.4 is 11.1 Å². The molecule has 1 aliphatic heterocycles. The Morgan fingerprint density at radius 3 is 2.67 bits per heavy atom. The van der Waals surface area contributed by atoms with Crippen molar-refractivity contribution in [1.82, 2.24) is 15.1 Å². The first kappa shape index (κ1) is 20.4. The first-order chi connectivity index (χ1) is 11.1. The average molecular weight is 355 g/mol. The van der Waals surface area contributed by atoms with Gasteiger partial charge in [0.1, 0.15) is 0 Å². The maximum atomic E-state index is 12.7. The molecule has 0 saturated carbocycles. The normalized spacial score (nSPS) is 17.8. The summed E-state index contributed by atoms with van der Waals surface area (Å²) in [5.74, 6) is -0.338. The highest BCUT2D eigenvalue weighted by molar-refractivity contribution is 5.85. The third-order valence-electron chi connectivity index (χ3n) is 4.17. The molecule has 0 aromatic heterocycles. The zero-order chi connectivity index (χ0) is 16.7. The second kappa shape index (κ2) is 10.3. The highest BCUT2D eigenvalue weighted by Crippen LogP contribution is 2.08. The van der Waals surface area contributed by atoms with Crippen molar-refractivity contribution in [2.24, 2.45) is 5.73 Å². The van der Waals surface area contributed by atoms with Gasteiger partial charge in [-0.25, -0.2) is 0 Å². The first-order valence-corrected chi connectivity index (χ1v) is 8.11. The minimum absolute atomic E-state index is 0. The predicted octanol–water partition coefficient (Wildman–Crippen LogP) is 0.606. The van der Waals surface area contributed by atoms with Gasteiger partial charge >= 0.3 is 0 Å². The third kappa shape index (κ3) is 6.47. The molecule has 0 radical (unpaired) electrons. The molecule has 134 valence electrons. The van der Waals surface area contributed by atoms with Gasteiger partial charge in [-0.05, 0) is 12.5 Å². The summed E-state index contributed by atoms with van der Waals surface area (Å²) in [7, 11) is 0. The van der Waals surface area contributed by atoms with Gasteiger partial charge in [0.05, 0.1) is 6.54 Å².